The van der Waals surface area contributed by atoms with Gasteiger partial charge < -0.3 is 4.74 Å². The van der Waals surface area contributed by atoms with E-state index in [2.05, 4.69) is 67.3 Å². The van der Waals surface area contributed by atoms with Gasteiger partial charge in [-0.3, -0.25) is 9.38 Å². The van der Waals surface area contributed by atoms with Crippen LogP contribution in [-0.4, -0.2) is 32.2 Å². The van der Waals surface area contributed by atoms with Crippen LogP contribution in [0.15, 0.2) is 16.1 Å². The van der Waals surface area contributed by atoms with Gasteiger partial charge in [0.2, 0.25) is 0 Å². The van der Waals surface area contributed by atoms with Crippen LogP contribution in [0.3, 0.4) is 0 Å². The summed E-state index contributed by atoms with van der Waals surface area (Å²) in [6, 6.07) is 0. The van der Waals surface area contributed by atoms with Crippen molar-refractivity contribution in [2.45, 2.75) is 119 Å². The third-order valence-corrected chi connectivity index (χ3v) is 9.69. The minimum Gasteiger partial charge on any atom is -0.458 e. The third-order valence-electron chi connectivity index (χ3n) is 8.59. The van der Waals surface area contributed by atoms with Crippen LogP contribution in [-0.2, 0) is 4.74 Å². The summed E-state index contributed by atoms with van der Waals surface area (Å²) in [6.07, 6.45) is 8.27. The van der Waals surface area contributed by atoms with Gasteiger partial charge in [-0.15, -0.1) is 0 Å². The SMILES string of the molecule is CCCCC(CC)CSc1nc2c(C(=O)OC3C(C(C)(C)C)CC(C)CC3C(C)(C)C)c(C)cn2c(=O)[nH]1. The second-order valence-electron chi connectivity index (χ2n) is 13.8. The van der Waals surface area contributed by atoms with Gasteiger partial charge in [0.05, 0.1) is 0 Å². The highest BCUT2D eigenvalue weighted by Crippen LogP contribution is 2.50. The lowest BCUT2D eigenvalue weighted by Gasteiger charge is -2.50. The Hall–Kier alpha value is -1.76. The summed E-state index contributed by atoms with van der Waals surface area (Å²) >= 11 is 1.57. The second kappa shape index (κ2) is 12.2. The van der Waals surface area contributed by atoms with Crippen LogP contribution >= 0.6 is 11.8 Å². The lowest BCUT2D eigenvalue weighted by Crippen LogP contribution is -2.49. The molecule has 0 bridgehead atoms. The molecule has 1 fully saturated rings. The van der Waals surface area contributed by atoms with Crippen LogP contribution in [0.4, 0.5) is 0 Å². The van der Waals surface area contributed by atoms with Gasteiger partial charge in [0, 0.05) is 23.8 Å². The van der Waals surface area contributed by atoms with E-state index in [1.165, 1.54) is 23.7 Å². The molecular weight excluding hydrogens is 494 g/mol. The molecule has 1 aliphatic rings. The number of nitrogens with zero attached hydrogens (tertiary/aromatic N) is 2. The zero-order chi connectivity index (χ0) is 28.4. The lowest BCUT2D eigenvalue weighted by atomic mass is 9.59. The molecule has 0 radical (unpaired) electrons. The van der Waals surface area contributed by atoms with Crippen molar-refractivity contribution < 1.29 is 9.53 Å². The van der Waals surface area contributed by atoms with E-state index in [1.54, 1.807) is 18.0 Å². The molecular formula is C31H51N3O3S. The fourth-order valence-electron chi connectivity index (χ4n) is 6.12. The van der Waals surface area contributed by atoms with E-state index in [9.17, 15) is 9.59 Å². The molecule has 3 rings (SSSR count). The van der Waals surface area contributed by atoms with Crippen molar-refractivity contribution in [2.75, 3.05) is 5.75 Å². The number of thioether (sulfide) groups is 1. The van der Waals surface area contributed by atoms with Crippen molar-refractivity contribution in [2.24, 2.45) is 34.5 Å². The van der Waals surface area contributed by atoms with Crippen molar-refractivity contribution in [3.63, 3.8) is 0 Å². The Balaban J connectivity index is 1.95. The van der Waals surface area contributed by atoms with Crippen molar-refractivity contribution >= 4 is 23.4 Å². The van der Waals surface area contributed by atoms with Crippen molar-refractivity contribution in [3.8, 4) is 0 Å². The molecule has 1 N–H and O–H groups in total. The number of esters is 1. The molecule has 6 nitrogen and oxygen atoms in total. The van der Waals surface area contributed by atoms with Gasteiger partial charge in [-0.2, -0.15) is 0 Å². The van der Waals surface area contributed by atoms with Gasteiger partial charge >= 0.3 is 11.7 Å². The number of rotatable bonds is 9. The number of hydrogen-bond acceptors (Lipinski definition) is 5. The summed E-state index contributed by atoms with van der Waals surface area (Å²) in [7, 11) is 0. The van der Waals surface area contributed by atoms with Crippen LogP contribution in [0.25, 0.3) is 5.65 Å². The summed E-state index contributed by atoms with van der Waals surface area (Å²) in [6.45, 7) is 22.1. The molecule has 3 atom stereocenters. The molecule has 1 saturated carbocycles. The van der Waals surface area contributed by atoms with E-state index in [-0.39, 0.29) is 40.4 Å². The number of fused-ring (bicyclic) bond motifs is 1. The number of hydrogen-bond donors (Lipinski definition) is 1. The minimum absolute atomic E-state index is 0.00775. The van der Waals surface area contributed by atoms with Gasteiger partial charge in [-0.1, -0.05) is 93.3 Å². The largest absolute Gasteiger partial charge is 0.458 e. The number of H-pyrrole nitrogens is 1. The number of aromatic nitrogens is 3. The average Bonchev–Trinajstić information content (AvgIpc) is 3.15. The normalized spacial score (nSPS) is 23.5. The zero-order valence-corrected chi connectivity index (χ0v) is 26.3. The predicted octanol–water partition coefficient (Wildman–Crippen LogP) is 7.92. The number of unbranched alkanes of at least 4 members (excludes halogenated alkanes) is 1. The molecule has 2 aromatic rings. The topological polar surface area (TPSA) is 76.5 Å². The summed E-state index contributed by atoms with van der Waals surface area (Å²) in [5.41, 5.74) is 1.27. The highest BCUT2D eigenvalue weighted by molar-refractivity contribution is 7.99. The molecule has 0 spiro atoms. The number of carbonyl (C=O) groups is 1. The molecule has 0 aliphatic heterocycles. The molecule has 3 unspecified atom stereocenters. The first-order valence-electron chi connectivity index (χ1n) is 14.6. The fourth-order valence-corrected chi connectivity index (χ4v) is 7.23. The molecule has 1 aliphatic carbocycles. The fraction of sp³-hybridized carbons (Fsp3) is 0.774. The summed E-state index contributed by atoms with van der Waals surface area (Å²) in [5, 5.41) is 0.566. The summed E-state index contributed by atoms with van der Waals surface area (Å²) in [5.74, 6) is 2.21. The van der Waals surface area contributed by atoms with Crippen molar-refractivity contribution in [3.05, 3.63) is 27.8 Å². The number of ether oxygens (including phenoxy) is 1. The van der Waals surface area contributed by atoms with Gasteiger partial charge in [-0.25, -0.2) is 14.6 Å². The van der Waals surface area contributed by atoms with Gasteiger partial charge in [0.1, 0.15) is 11.7 Å². The maximum absolute atomic E-state index is 13.9. The number of nitrogens with one attached hydrogen (secondary N) is 1. The molecule has 38 heavy (non-hydrogen) atoms. The smallest absolute Gasteiger partial charge is 0.342 e. The molecule has 0 amide bonds. The Morgan fingerprint density at radius 1 is 1.16 bits per heavy atom. The van der Waals surface area contributed by atoms with E-state index in [0.717, 1.165) is 25.0 Å². The monoisotopic (exact) mass is 545 g/mol. The van der Waals surface area contributed by atoms with Crippen LogP contribution in [0, 0.1) is 41.4 Å². The Morgan fingerprint density at radius 2 is 1.76 bits per heavy atom. The van der Waals surface area contributed by atoms with E-state index < -0.39 is 0 Å². The zero-order valence-electron chi connectivity index (χ0n) is 25.4. The van der Waals surface area contributed by atoms with Crippen molar-refractivity contribution in [1.82, 2.24) is 14.4 Å². The van der Waals surface area contributed by atoms with Crippen molar-refractivity contribution in [1.29, 1.82) is 0 Å². The second-order valence-corrected chi connectivity index (χ2v) is 14.9. The van der Waals surface area contributed by atoms with Gasteiger partial charge in [-0.05, 0) is 54.4 Å². The predicted molar refractivity (Wildman–Crippen MR) is 158 cm³/mol. The Bertz CT molecular complexity index is 1130. The highest BCUT2D eigenvalue weighted by atomic mass is 32.2. The van der Waals surface area contributed by atoms with Crippen LogP contribution in [0.2, 0.25) is 0 Å². The molecule has 2 heterocycles. The molecule has 214 valence electrons. The maximum Gasteiger partial charge on any atom is 0.342 e. The number of aryl methyl sites for hydroxylation is 1. The van der Waals surface area contributed by atoms with Gasteiger partial charge in [0.25, 0.3) is 0 Å². The highest BCUT2D eigenvalue weighted by Gasteiger charge is 2.48. The third kappa shape index (κ3) is 7.05. The van der Waals surface area contributed by atoms with E-state index in [1.807, 2.05) is 6.92 Å². The van der Waals surface area contributed by atoms with Crippen LogP contribution < -0.4 is 5.69 Å². The first-order valence-corrected chi connectivity index (χ1v) is 15.6. The van der Waals surface area contributed by atoms with E-state index >= 15 is 0 Å². The van der Waals surface area contributed by atoms with Crippen LogP contribution in [0.5, 0.6) is 0 Å². The summed E-state index contributed by atoms with van der Waals surface area (Å²) < 4.78 is 7.93. The quantitative estimate of drug-likeness (QED) is 0.256. The first kappa shape index (κ1) is 30.8. The number of aromatic amines is 1. The Labute approximate surface area is 234 Å². The summed E-state index contributed by atoms with van der Waals surface area (Å²) in [4.78, 5) is 34.6. The first-order chi connectivity index (χ1) is 17.7. The molecule has 7 heteroatoms. The standard InChI is InChI=1S/C31H51N3O3S/c1-11-13-14-21(12-2)18-38-28-32-26-24(20(4)17-34(26)29(36)33-28)27(35)37-25-22(30(5,6)7)15-19(3)16-23(25)31(8,9)10/h17,19,21-23,25H,11-16,18H2,1-10H3,(H,32,33,36). The van der Waals surface area contributed by atoms with E-state index in [4.69, 9.17) is 9.72 Å². The molecule has 2 aromatic heterocycles. The Kier molecular flexibility index (Phi) is 9.87. The maximum atomic E-state index is 13.9. The van der Waals surface area contributed by atoms with Gasteiger partial charge in [0.15, 0.2) is 10.8 Å². The van der Waals surface area contributed by atoms with E-state index in [0.29, 0.717) is 33.8 Å². The number of carbonyl (C=O) groups excluding carboxylic acids is 1. The minimum atomic E-state index is -0.364. The Morgan fingerprint density at radius 3 is 2.29 bits per heavy atom. The van der Waals surface area contributed by atoms with Crippen LogP contribution in [0.1, 0.15) is 117 Å². The molecule has 0 saturated heterocycles. The molecule has 0 aromatic carbocycles. The average molecular weight is 546 g/mol. The lowest BCUT2D eigenvalue weighted by molar-refractivity contribution is -0.0922.